The Morgan fingerprint density at radius 1 is 0.844 bits per heavy atom. The number of ether oxygens (including phenoxy) is 2. The van der Waals surface area contributed by atoms with Gasteiger partial charge in [-0.2, -0.15) is 0 Å². The van der Waals surface area contributed by atoms with Crippen molar-refractivity contribution in [2.24, 2.45) is 0 Å². The molecule has 0 aliphatic carbocycles. The molecule has 3 aromatic rings. The molecule has 0 saturated carbocycles. The van der Waals surface area contributed by atoms with Crippen LogP contribution in [0.4, 0.5) is 0 Å². The number of amides is 1. The van der Waals surface area contributed by atoms with Crippen molar-refractivity contribution in [2.45, 2.75) is 12.6 Å². The number of hydrogen-bond donors (Lipinski definition) is 1. The largest absolute Gasteiger partial charge is 0.507 e. The van der Waals surface area contributed by atoms with Gasteiger partial charge in [0.2, 0.25) is 0 Å². The van der Waals surface area contributed by atoms with Gasteiger partial charge in [0.05, 0.1) is 37.9 Å². The van der Waals surface area contributed by atoms with Crippen molar-refractivity contribution in [1.29, 1.82) is 0 Å². The number of carbonyl (C=O) groups excluding carboxylic acids is 2. The van der Waals surface area contributed by atoms with Gasteiger partial charge in [-0.25, -0.2) is 0 Å². The summed E-state index contributed by atoms with van der Waals surface area (Å²) in [6.07, 6.45) is 0. The normalized spacial score (nSPS) is 17.4. The van der Waals surface area contributed by atoms with Gasteiger partial charge in [0.25, 0.3) is 11.7 Å². The summed E-state index contributed by atoms with van der Waals surface area (Å²) in [4.78, 5) is 27.8. The van der Waals surface area contributed by atoms with Crippen LogP contribution in [0.15, 0.2) is 84.4 Å². The minimum atomic E-state index is -0.758. The number of nitrogens with zero attached hydrogens (tertiary/aromatic N) is 1. The van der Waals surface area contributed by atoms with E-state index in [4.69, 9.17) is 9.47 Å². The van der Waals surface area contributed by atoms with Crippen molar-refractivity contribution in [2.75, 3.05) is 14.2 Å². The fraction of sp³-hybridized carbons (Fsp3) is 0.154. The zero-order chi connectivity index (χ0) is 22.7. The molecule has 0 spiro atoms. The van der Waals surface area contributed by atoms with Crippen LogP contribution in [0.3, 0.4) is 0 Å². The van der Waals surface area contributed by atoms with Crippen molar-refractivity contribution < 1.29 is 24.2 Å². The number of aliphatic hydroxyl groups excluding tert-OH is 1. The number of benzene rings is 3. The first-order valence-electron chi connectivity index (χ1n) is 10.2. The fourth-order valence-corrected chi connectivity index (χ4v) is 4.03. The Balaban J connectivity index is 1.88. The highest BCUT2D eigenvalue weighted by atomic mass is 16.5. The number of hydrogen-bond acceptors (Lipinski definition) is 5. The first kappa shape index (κ1) is 21.2. The van der Waals surface area contributed by atoms with Crippen molar-refractivity contribution in [1.82, 2.24) is 4.90 Å². The molecule has 162 valence electrons. The number of likely N-dealkylation sites (tertiary alicyclic amines) is 1. The van der Waals surface area contributed by atoms with E-state index in [0.717, 1.165) is 11.1 Å². The molecule has 0 bridgehead atoms. The summed E-state index contributed by atoms with van der Waals surface area (Å²) in [5.74, 6) is -0.658. The molecule has 1 amide bonds. The Labute approximate surface area is 186 Å². The van der Waals surface area contributed by atoms with E-state index in [2.05, 4.69) is 0 Å². The maximum atomic E-state index is 13.2. The summed E-state index contributed by atoms with van der Waals surface area (Å²) >= 11 is 0. The molecule has 1 saturated heterocycles. The number of ketones is 1. The molecule has 6 heteroatoms. The summed E-state index contributed by atoms with van der Waals surface area (Å²) in [6, 6.07) is 22.6. The zero-order valence-electron chi connectivity index (χ0n) is 17.8. The SMILES string of the molecule is COc1ccccc1CN1C(=O)C(=O)/C(=C(\O)c2ccccc2OC)C1c1ccccc1. The van der Waals surface area contributed by atoms with E-state index in [-0.39, 0.29) is 17.9 Å². The number of para-hydroxylation sites is 2. The lowest BCUT2D eigenvalue weighted by atomic mass is 9.95. The number of Topliss-reactive ketones (excluding diaryl/α,β-unsaturated/α-hetero) is 1. The molecule has 1 heterocycles. The van der Waals surface area contributed by atoms with Crippen molar-refractivity contribution in [3.05, 3.63) is 101 Å². The van der Waals surface area contributed by atoms with Gasteiger partial charge < -0.3 is 19.5 Å². The number of carbonyl (C=O) groups is 2. The van der Waals surface area contributed by atoms with Crippen molar-refractivity contribution >= 4 is 17.4 Å². The lowest BCUT2D eigenvalue weighted by Gasteiger charge is -2.26. The maximum absolute atomic E-state index is 13.2. The minimum absolute atomic E-state index is 0.0283. The Kier molecular flexibility index (Phi) is 5.94. The third-order valence-electron chi connectivity index (χ3n) is 5.55. The molecular weight excluding hydrogens is 406 g/mol. The molecule has 32 heavy (non-hydrogen) atoms. The molecule has 0 radical (unpaired) electrons. The van der Waals surface area contributed by atoms with Crippen LogP contribution in [-0.2, 0) is 16.1 Å². The number of rotatable bonds is 6. The smallest absolute Gasteiger partial charge is 0.295 e. The van der Waals surface area contributed by atoms with E-state index >= 15 is 0 Å². The van der Waals surface area contributed by atoms with Crippen LogP contribution in [-0.4, -0.2) is 35.9 Å². The van der Waals surface area contributed by atoms with E-state index in [9.17, 15) is 14.7 Å². The monoisotopic (exact) mass is 429 g/mol. The molecule has 0 aromatic heterocycles. The van der Waals surface area contributed by atoms with Gasteiger partial charge in [-0.3, -0.25) is 9.59 Å². The average molecular weight is 429 g/mol. The molecule has 1 aliphatic heterocycles. The third-order valence-corrected chi connectivity index (χ3v) is 5.55. The Morgan fingerprint density at radius 3 is 2.12 bits per heavy atom. The van der Waals surface area contributed by atoms with Crippen LogP contribution >= 0.6 is 0 Å². The van der Waals surface area contributed by atoms with Crippen LogP contribution in [0.5, 0.6) is 11.5 Å². The summed E-state index contributed by atoms with van der Waals surface area (Å²) in [7, 11) is 3.05. The number of methoxy groups -OCH3 is 2. The standard InChI is InChI=1S/C26H23NO5/c1-31-20-14-8-6-12-18(20)16-27-23(17-10-4-3-5-11-17)22(25(29)26(27)30)24(28)19-13-7-9-15-21(19)32-2/h3-15,23,28H,16H2,1-2H3/b24-22-. The van der Waals surface area contributed by atoms with Crippen molar-refractivity contribution in [3.63, 3.8) is 0 Å². The van der Waals surface area contributed by atoms with Gasteiger partial charge in [-0.15, -0.1) is 0 Å². The van der Waals surface area contributed by atoms with Crippen LogP contribution in [0.2, 0.25) is 0 Å². The Bertz CT molecular complexity index is 1190. The Morgan fingerprint density at radius 2 is 1.44 bits per heavy atom. The molecule has 6 nitrogen and oxygen atoms in total. The van der Waals surface area contributed by atoms with Crippen molar-refractivity contribution in [3.8, 4) is 11.5 Å². The molecule has 4 rings (SSSR count). The summed E-state index contributed by atoms with van der Waals surface area (Å²) in [5.41, 5.74) is 1.86. The van der Waals surface area contributed by atoms with Gasteiger partial charge in [0.1, 0.15) is 17.3 Å². The van der Waals surface area contributed by atoms with Gasteiger partial charge in [-0.05, 0) is 23.8 Å². The van der Waals surface area contributed by atoms with E-state index in [0.29, 0.717) is 17.1 Å². The molecule has 1 unspecified atom stereocenters. The highest BCUT2D eigenvalue weighted by molar-refractivity contribution is 6.46. The molecule has 1 atom stereocenters. The maximum Gasteiger partial charge on any atom is 0.295 e. The van der Waals surface area contributed by atoms with Crippen LogP contribution in [0, 0.1) is 0 Å². The second-order valence-electron chi connectivity index (χ2n) is 7.35. The number of aliphatic hydroxyl groups is 1. The predicted molar refractivity (Wildman–Crippen MR) is 120 cm³/mol. The fourth-order valence-electron chi connectivity index (χ4n) is 4.03. The average Bonchev–Trinajstić information content (AvgIpc) is 3.09. The van der Waals surface area contributed by atoms with Gasteiger partial charge in [0, 0.05) is 5.56 Å². The third kappa shape index (κ3) is 3.71. The first-order valence-corrected chi connectivity index (χ1v) is 10.2. The summed E-state index contributed by atoms with van der Waals surface area (Å²) in [6.45, 7) is 0.150. The van der Waals surface area contributed by atoms with Crippen LogP contribution < -0.4 is 9.47 Å². The van der Waals surface area contributed by atoms with Crippen LogP contribution in [0.25, 0.3) is 5.76 Å². The second kappa shape index (κ2) is 8.98. The lowest BCUT2D eigenvalue weighted by molar-refractivity contribution is -0.140. The summed E-state index contributed by atoms with van der Waals surface area (Å²) < 4.78 is 10.8. The molecule has 3 aromatic carbocycles. The molecule has 1 N–H and O–H groups in total. The van der Waals surface area contributed by atoms with E-state index in [1.807, 2.05) is 48.5 Å². The van der Waals surface area contributed by atoms with E-state index < -0.39 is 17.7 Å². The van der Waals surface area contributed by atoms with Gasteiger partial charge >= 0.3 is 0 Å². The minimum Gasteiger partial charge on any atom is -0.507 e. The molecular formula is C26H23NO5. The first-order chi connectivity index (χ1) is 15.6. The molecule has 1 fully saturated rings. The summed E-state index contributed by atoms with van der Waals surface area (Å²) in [5, 5.41) is 11.2. The van der Waals surface area contributed by atoms with Gasteiger partial charge in [0.15, 0.2) is 0 Å². The second-order valence-corrected chi connectivity index (χ2v) is 7.35. The predicted octanol–water partition coefficient (Wildman–Crippen LogP) is 4.33. The highest BCUT2D eigenvalue weighted by Gasteiger charge is 2.46. The van der Waals surface area contributed by atoms with Crippen LogP contribution in [0.1, 0.15) is 22.7 Å². The lowest BCUT2D eigenvalue weighted by Crippen LogP contribution is -2.29. The van der Waals surface area contributed by atoms with E-state index in [1.54, 1.807) is 37.4 Å². The molecule has 1 aliphatic rings. The van der Waals surface area contributed by atoms with Gasteiger partial charge in [-0.1, -0.05) is 60.7 Å². The topological polar surface area (TPSA) is 76.1 Å². The Hall–Kier alpha value is -4.06. The highest BCUT2D eigenvalue weighted by Crippen LogP contribution is 2.42. The van der Waals surface area contributed by atoms with E-state index in [1.165, 1.54) is 12.0 Å². The quantitative estimate of drug-likeness (QED) is 0.359. The zero-order valence-corrected chi connectivity index (χ0v) is 17.8.